The van der Waals surface area contributed by atoms with Crippen molar-refractivity contribution in [3.05, 3.63) is 20.7 Å². The molecular formula is C16H28N4O2S. The normalized spacial score (nSPS) is 13.1. The van der Waals surface area contributed by atoms with Crippen LogP contribution in [0.5, 0.6) is 5.88 Å². The topological polar surface area (TPSA) is 73.6 Å². The number of aromatic amines is 1. The molecule has 1 aromatic rings. The summed E-state index contributed by atoms with van der Waals surface area (Å²) in [4.78, 5) is 21.2. The van der Waals surface area contributed by atoms with Gasteiger partial charge in [-0.2, -0.15) is 0 Å². The zero-order valence-corrected chi connectivity index (χ0v) is 15.3. The maximum atomic E-state index is 12.0. The third kappa shape index (κ3) is 5.28. The van der Waals surface area contributed by atoms with Gasteiger partial charge in [0.2, 0.25) is 5.88 Å². The third-order valence-corrected chi connectivity index (χ3v) is 4.36. The molecule has 23 heavy (non-hydrogen) atoms. The van der Waals surface area contributed by atoms with E-state index in [1.165, 1.54) is 6.21 Å². The lowest BCUT2D eigenvalue weighted by molar-refractivity contribution is 0.302. The molecule has 7 heteroatoms. The average Bonchev–Trinajstić information content (AvgIpc) is 2.52. The van der Waals surface area contributed by atoms with Crippen molar-refractivity contribution >= 4 is 18.4 Å². The van der Waals surface area contributed by atoms with Crippen LogP contribution >= 0.6 is 12.2 Å². The van der Waals surface area contributed by atoms with Gasteiger partial charge in [0, 0.05) is 18.8 Å². The minimum Gasteiger partial charge on any atom is -0.494 e. The largest absolute Gasteiger partial charge is 0.494 e. The van der Waals surface area contributed by atoms with Crippen LogP contribution < -0.4 is 5.56 Å². The smallest absolute Gasteiger partial charge is 0.264 e. The van der Waals surface area contributed by atoms with Crippen molar-refractivity contribution in [1.29, 1.82) is 0 Å². The molecule has 0 aliphatic carbocycles. The van der Waals surface area contributed by atoms with E-state index in [0.717, 1.165) is 32.5 Å². The Morgan fingerprint density at radius 2 is 2.04 bits per heavy atom. The number of aliphatic imine (C=N–C) groups is 1. The number of H-pyrrole nitrogens is 1. The van der Waals surface area contributed by atoms with E-state index in [-0.39, 0.29) is 22.3 Å². The molecule has 0 aromatic carbocycles. The predicted octanol–water partition coefficient (Wildman–Crippen LogP) is 2.73. The van der Waals surface area contributed by atoms with Crippen molar-refractivity contribution in [3.63, 3.8) is 0 Å². The molecule has 2 N–H and O–H groups in total. The Labute approximate surface area is 142 Å². The van der Waals surface area contributed by atoms with Gasteiger partial charge < -0.3 is 10.0 Å². The van der Waals surface area contributed by atoms with Gasteiger partial charge in [-0.3, -0.25) is 19.3 Å². The summed E-state index contributed by atoms with van der Waals surface area (Å²) in [6, 6.07) is 0.00849. The van der Waals surface area contributed by atoms with Gasteiger partial charge in [0.1, 0.15) is 5.56 Å². The van der Waals surface area contributed by atoms with Crippen LogP contribution in [0.2, 0.25) is 0 Å². The lowest BCUT2D eigenvalue weighted by Crippen LogP contribution is -2.24. The summed E-state index contributed by atoms with van der Waals surface area (Å²) in [5, 5.41) is 10.3. The van der Waals surface area contributed by atoms with Gasteiger partial charge in [0.25, 0.3) is 5.56 Å². The molecule has 0 aliphatic heterocycles. The molecule has 0 bridgehead atoms. The summed E-state index contributed by atoms with van der Waals surface area (Å²) >= 11 is 5.14. The van der Waals surface area contributed by atoms with Gasteiger partial charge in [0.05, 0.1) is 0 Å². The second-order valence-electron chi connectivity index (χ2n) is 5.54. The SMILES string of the molecule is CCC(C)n1c(O)c(C=NCCCN(CC)CC)c(=O)[nH]c1=S. The van der Waals surface area contributed by atoms with Gasteiger partial charge in [-0.05, 0) is 51.6 Å². The van der Waals surface area contributed by atoms with Gasteiger partial charge in [-0.25, -0.2) is 0 Å². The van der Waals surface area contributed by atoms with Crippen molar-refractivity contribution in [2.45, 2.75) is 46.6 Å². The van der Waals surface area contributed by atoms with Crippen LogP contribution in [0, 0.1) is 4.77 Å². The molecule has 0 fully saturated rings. The van der Waals surface area contributed by atoms with E-state index >= 15 is 0 Å². The summed E-state index contributed by atoms with van der Waals surface area (Å²) in [5.41, 5.74) is -0.235. The average molecular weight is 340 g/mol. The number of hydrogen-bond donors (Lipinski definition) is 2. The molecule has 1 aromatic heterocycles. The Balaban J connectivity index is 2.86. The first-order valence-electron chi connectivity index (χ1n) is 8.26. The van der Waals surface area contributed by atoms with Crippen molar-refractivity contribution in [1.82, 2.24) is 14.5 Å². The summed E-state index contributed by atoms with van der Waals surface area (Å²) in [5.74, 6) is -0.111. The summed E-state index contributed by atoms with van der Waals surface area (Å²) < 4.78 is 1.80. The summed E-state index contributed by atoms with van der Waals surface area (Å²) in [7, 11) is 0. The fraction of sp³-hybridized carbons (Fsp3) is 0.688. The van der Waals surface area contributed by atoms with Gasteiger partial charge in [-0.1, -0.05) is 20.8 Å². The molecule has 0 saturated heterocycles. The molecule has 0 radical (unpaired) electrons. The molecule has 0 aliphatic rings. The fourth-order valence-corrected chi connectivity index (χ4v) is 2.70. The van der Waals surface area contributed by atoms with E-state index in [1.807, 2.05) is 13.8 Å². The van der Waals surface area contributed by atoms with Crippen molar-refractivity contribution in [3.8, 4) is 5.88 Å². The Hall–Kier alpha value is -1.47. The molecule has 0 amide bonds. The van der Waals surface area contributed by atoms with Crippen LogP contribution in [0.25, 0.3) is 0 Å². The van der Waals surface area contributed by atoms with E-state index in [1.54, 1.807) is 4.57 Å². The first-order chi connectivity index (χ1) is 11.0. The van der Waals surface area contributed by atoms with Crippen molar-refractivity contribution < 1.29 is 5.11 Å². The third-order valence-electron chi connectivity index (χ3n) is 4.06. The molecule has 6 nitrogen and oxygen atoms in total. The predicted molar refractivity (Wildman–Crippen MR) is 97.4 cm³/mol. The van der Waals surface area contributed by atoms with Crippen LogP contribution in [0.15, 0.2) is 9.79 Å². The molecule has 0 saturated carbocycles. The maximum Gasteiger partial charge on any atom is 0.264 e. The number of nitrogens with one attached hydrogen (secondary N) is 1. The van der Waals surface area contributed by atoms with Crippen LogP contribution in [-0.2, 0) is 0 Å². The van der Waals surface area contributed by atoms with E-state index in [2.05, 4.69) is 28.7 Å². The van der Waals surface area contributed by atoms with Crippen molar-refractivity contribution in [2.24, 2.45) is 4.99 Å². The standard InChI is InChI=1S/C16H28N4O2S/c1-5-12(4)20-15(22)13(14(21)18-16(20)23)11-17-9-8-10-19(6-2)7-3/h11-12,22H,5-10H2,1-4H3,(H,18,21,23). The number of hydrogen-bond acceptors (Lipinski definition) is 5. The zero-order valence-electron chi connectivity index (χ0n) is 14.5. The van der Waals surface area contributed by atoms with Crippen molar-refractivity contribution in [2.75, 3.05) is 26.2 Å². The number of aromatic nitrogens is 2. The first kappa shape index (κ1) is 19.6. The molecule has 1 heterocycles. The lowest BCUT2D eigenvalue weighted by Gasteiger charge is -2.17. The minimum atomic E-state index is -0.403. The van der Waals surface area contributed by atoms with Crippen LogP contribution in [0.4, 0.5) is 0 Å². The van der Waals surface area contributed by atoms with E-state index in [9.17, 15) is 9.90 Å². The quantitative estimate of drug-likeness (QED) is 0.412. The van der Waals surface area contributed by atoms with E-state index < -0.39 is 5.56 Å². The monoisotopic (exact) mass is 340 g/mol. The number of aromatic hydroxyl groups is 1. The molecule has 0 spiro atoms. The molecule has 1 unspecified atom stereocenters. The lowest BCUT2D eigenvalue weighted by atomic mass is 10.2. The van der Waals surface area contributed by atoms with Gasteiger partial charge in [0.15, 0.2) is 4.77 Å². The molecule has 130 valence electrons. The highest BCUT2D eigenvalue weighted by Crippen LogP contribution is 2.19. The van der Waals surface area contributed by atoms with E-state index in [4.69, 9.17) is 12.2 Å². The fourth-order valence-electron chi connectivity index (χ4n) is 2.34. The van der Waals surface area contributed by atoms with Crippen LogP contribution in [0.1, 0.15) is 52.1 Å². The van der Waals surface area contributed by atoms with Gasteiger partial charge >= 0.3 is 0 Å². The minimum absolute atomic E-state index is 0.00849. The Bertz CT molecular complexity index is 632. The second kappa shape index (κ2) is 9.62. The maximum absolute atomic E-state index is 12.0. The number of nitrogens with zero attached hydrogens (tertiary/aromatic N) is 3. The first-order valence-corrected chi connectivity index (χ1v) is 8.66. The highest BCUT2D eigenvalue weighted by Gasteiger charge is 2.14. The molecule has 1 atom stereocenters. The molecular weight excluding hydrogens is 312 g/mol. The summed E-state index contributed by atoms with van der Waals surface area (Å²) in [6.07, 6.45) is 3.17. The van der Waals surface area contributed by atoms with Crippen LogP contribution in [0.3, 0.4) is 0 Å². The van der Waals surface area contributed by atoms with Crippen LogP contribution in [-0.4, -0.2) is 52.0 Å². The van der Waals surface area contributed by atoms with Gasteiger partial charge in [-0.15, -0.1) is 0 Å². The molecule has 1 rings (SSSR count). The number of rotatable bonds is 9. The Morgan fingerprint density at radius 1 is 1.39 bits per heavy atom. The summed E-state index contributed by atoms with van der Waals surface area (Å²) in [6.45, 7) is 11.9. The highest BCUT2D eigenvalue weighted by molar-refractivity contribution is 7.71. The second-order valence-corrected chi connectivity index (χ2v) is 5.93. The van der Waals surface area contributed by atoms with E-state index in [0.29, 0.717) is 6.54 Å². The highest BCUT2D eigenvalue weighted by atomic mass is 32.1. The Morgan fingerprint density at radius 3 is 2.61 bits per heavy atom. The zero-order chi connectivity index (χ0) is 17.4. The Kier molecular flexibility index (Phi) is 8.19.